The van der Waals surface area contributed by atoms with Crippen LogP contribution in [0.25, 0.3) is 0 Å². The fraction of sp³-hybridized carbons (Fsp3) is 0.700. The fourth-order valence-corrected chi connectivity index (χ4v) is 1.35. The number of halogens is 3. The first-order chi connectivity index (χ1) is 8.76. The second kappa shape index (κ2) is 5.89. The zero-order valence-electron chi connectivity index (χ0n) is 11.1. The van der Waals surface area contributed by atoms with Crippen LogP contribution in [0, 0.1) is 0 Å². The monoisotopic (exact) mass is 279 g/mol. The molecule has 19 heavy (non-hydrogen) atoms. The predicted molar refractivity (Wildman–Crippen MR) is 64.5 cm³/mol. The minimum Gasteiger partial charge on any atom is -0.467 e. The minimum atomic E-state index is -4.34. The first kappa shape index (κ1) is 15.3. The summed E-state index contributed by atoms with van der Waals surface area (Å²) in [7, 11) is 2.89. The highest BCUT2D eigenvalue weighted by molar-refractivity contribution is 5.39. The second-order valence-corrected chi connectivity index (χ2v) is 4.03. The molecule has 0 amide bonds. The first-order valence-corrected chi connectivity index (χ1v) is 5.58. The molecule has 1 rings (SSSR count). The summed E-state index contributed by atoms with van der Waals surface area (Å²) in [6, 6.07) is -0.458. The van der Waals surface area contributed by atoms with E-state index in [1.807, 2.05) is 0 Å². The van der Waals surface area contributed by atoms with Crippen molar-refractivity contribution in [2.45, 2.75) is 26.1 Å². The van der Waals surface area contributed by atoms with Crippen molar-refractivity contribution in [3.63, 3.8) is 0 Å². The van der Waals surface area contributed by atoms with Crippen LogP contribution in [0.1, 0.15) is 13.8 Å². The Bertz CT molecular complexity index is 402. The van der Waals surface area contributed by atoms with Crippen LogP contribution in [0.3, 0.4) is 0 Å². The van der Waals surface area contributed by atoms with Gasteiger partial charge in [0.05, 0.1) is 7.11 Å². The van der Waals surface area contributed by atoms with E-state index in [1.54, 1.807) is 20.9 Å². The molecule has 1 heterocycles. The zero-order chi connectivity index (χ0) is 14.6. The van der Waals surface area contributed by atoms with Gasteiger partial charge in [-0.25, -0.2) is 0 Å². The van der Waals surface area contributed by atoms with Gasteiger partial charge in [-0.2, -0.15) is 28.1 Å². The number of nitrogens with zero attached hydrogens (tertiary/aromatic N) is 4. The van der Waals surface area contributed by atoms with E-state index in [0.29, 0.717) is 0 Å². The molecule has 0 fully saturated rings. The maximum absolute atomic E-state index is 12.6. The Morgan fingerprint density at radius 2 is 1.89 bits per heavy atom. The number of alkyl halides is 3. The minimum absolute atomic E-state index is 0.0397. The molecule has 1 aromatic heterocycles. The summed E-state index contributed by atoms with van der Waals surface area (Å²) in [5, 5.41) is 2.65. The summed E-state index contributed by atoms with van der Waals surface area (Å²) in [6.07, 6.45) is -4.34. The first-order valence-electron chi connectivity index (χ1n) is 5.58. The summed E-state index contributed by atoms with van der Waals surface area (Å²) in [4.78, 5) is 12.6. The Hall–Kier alpha value is -1.80. The lowest BCUT2D eigenvalue weighted by atomic mass is 10.3. The van der Waals surface area contributed by atoms with Crippen LogP contribution in [0.4, 0.5) is 25.1 Å². The Morgan fingerprint density at radius 3 is 2.32 bits per heavy atom. The van der Waals surface area contributed by atoms with Crippen molar-refractivity contribution in [2.75, 3.05) is 30.9 Å². The Labute approximate surface area is 109 Å². The van der Waals surface area contributed by atoms with Crippen molar-refractivity contribution in [3.8, 4) is 6.01 Å². The van der Waals surface area contributed by atoms with E-state index < -0.39 is 18.8 Å². The van der Waals surface area contributed by atoms with Crippen LogP contribution in [0.15, 0.2) is 0 Å². The summed E-state index contributed by atoms with van der Waals surface area (Å²) in [5.74, 6) is 0.0678. The Balaban J connectivity index is 3.14. The molecule has 1 aromatic rings. The molecule has 0 aromatic carbocycles. The van der Waals surface area contributed by atoms with Crippen LogP contribution < -0.4 is 15.0 Å². The largest absolute Gasteiger partial charge is 0.467 e. The average molecular weight is 279 g/mol. The molecule has 0 radical (unpaired) electrons. The van der Waals surface area contributed by atoms with Gasteiger partial charge in [0.25, 0.3) is 0 Å². The molecule has 9 heteroatoms. The molecule has 0 aliphatic heterocycles. The summed E-state index contributed by atoms with van der Waals surface area (Å²) in [6.45, 7) is 2.11. The molecule has 0 aliphatic carbocycles. The third-order valence-corrected chi connectivity index (χ3v) is 2.24. The predicted octanol–water partition coefficient (Wildman–Crippen LogP) is 1.70. The fourth-order valence-electron chi connectivity index (χ4n) is 1.35. The summed E-state index contributed by atoms with van der Waals surface area (Å²) >= 11 is 0. The van der Waals surface area contributed by atoms with E-state index in [9.17, 15) is 13.2 Å². The molecule has 0 bridgehead atoms. The number of anilines is 2. The molecule has 0 atom stereocenters. The number of nitrogens with one attached hydrogen (secondary N) is 1. The molecule has 0 unspecified atom stereocenters. The standard InChI is InChI=1S/C10H16F3N5O/c1-6(2)18(5-10(11,12)13)8-15-7(14-3)16-9(17-8)19-4/h6H,5H2,1-4H3,(H,14,15,16,17). The van der Waals surface area contributed by atoms with Crippen molar-refractivity contribution in [3.05, 3.63) is 0 Å². The lowest BCUT2D eigenvalue weighted by Gasteiger charge is -2.27. The number of rotatable bonds is 5. The number of aromatic nitrogens is 3. The van der Waals surface area contributed by atoms with Gasteiger partial charge >= 0.3 is 12.2 Å². The molecule has 6 nitrogen and oxygen atoms in total. The summed E-state index contributed by atoms with van der Waals surface area (Å²) < 4.78 is 42.5. The SMILES string of the molecule is CNc1nc(OC)nc(N(CC(F)(F)F)C(C)C)n1. The van der Waals surface area contributed by atoms with E-state index in [4.69, 9.17) is 4.74 Å². The smallest absolute Gasteiger partial charge is 0.406 e. The van der Waals surface area contributed by atoms with Crippen molar-refractivity contribution in [1.29, 1.82) is 0 Å². The topological polar surface area (TPSA) is 63.2 Å². The number of methoxy groups -OCH3 is 1. The molecule has 0 aliphatic rings. The van der Waals surface area contributed by atoms with Crippen LogP contribution in [0.2, 0.25) is 0 Å². The van der Waals surface area contributed by atoms with Gasteiger partial charge in [0, 0.05) is 13.1 Å². The number of ether oxygens (including phenoxy) is 1. The van der Waals surface area contributed by atoms with Gasteiger partial charge in [0.2, 0.25) is 11.9 Å². The average Bonchev–Trinajstić information content (AvgIpc) is 2.33. The van der Waals surface area contributed by atoms with E-state index in [1.165, 1.54) is 7.11 Å². The van der Waals surface area contributed by atoms with E-state index in [2.05, 4.69) is 20.3 Å². The zero-order valence-corrected chi connectivity index (χ0v) is 11.1. The van der Waals surface area contributed by atoms with E-state index >= 15 is 0 Å². The molecule has 1 N–H and O–H groups in total. The van der Waals surface area contributed by atoms with Crippen molar-refractivity contribution < 1.29 is 17.9 Å². The molecule has 0 saturated heterocycles. The quantitative estimate of drug-likeness (QED) is 0.885. The van der Waals surface area contributed by atoms with Crippen molar-refractivity contribution in [1.82, 2.24) is 15.0 Å². The summed E-state index contributed by atoms with van der Waals surface area (Å²) in [5.41, 5.74) is 0. The molecular weight excluding hydrogens is 263 g/mol. The normalized spacial score (nSPS) is 11.6. The third kappa shape index (κ3) is 4.42. The van der Waals surface area contributed by atoms with Crippen LogP contribution in [-0.4, -0.2) is 47.9 Å². The molecule has 108 valence electrons. The van der Waals surface area contributed by atoms with Gasteiger partial charge in [-0.3, -0.25) is 0 Å². The van der Waals surface area contributed by atoms with Crippen LogP contribution in [0.5, 0.6) is 6.01 Å². The van der Waals surface area contributed by atoms with Gasteiger partial charge in [-0.1, -0.05) is 0 Å². The van der Waals surface area contributed by atoms with Gasteiger partial charge < -0.3 is 15.0 Å². The molecule has 0 saturated carbocycles. The molecule has 0 spiro atoms. The van der Waals surface area contributed by atoms with Gasteiger partial charge in [0.1, 0.15) is 6.54 Å². The number of hydrogen-bond donors (Lipinski definition) is 1. The van der Waals surface area contributed by atoms with Crippen molar-refractivity contribution >= 4 is 11.9 Å². The maximum Gasteiger partial charge on any atom is 0.406 e. The Morgan fingerprint density at radius 1 is 1.26 bits per heavy atom. The second-order valence-electron chi connectivity index (χ2n) is 4.03. The molecular formula is C10H16F3N5O. The third-order valence-electron chi connectivity index (χ3n) is 2.24. The Kier molecular flexibility index (Phi) is 4.73. The maximum atomic E-state index is 12.6. The van der Waals surface area contributed by atoms with E-state index in [-0.39, 0.29) is 17.9 Å². The lowest BCUT2D eigenvalue weighted by molar-refractivity contribution is -0.120. The lowest BCUT2D eigenvalue weighted by Crippen LogP contribution is -2.40. The van der Waals surface area contributed by atoms with Crippen LogP contribution in [-0.2, 0) is 0 Å². The van der Waals surface area contributed by atoms with E-state index in [0.717, 1.165) is 4.90 Å². The van der Waals surface area contributed by atoms with Gasteiger partial charge in [0.15, 0.2) is 0 Å². The highest BCUT2D eigenvalue weighted by Gasteiger charge is 2.33. The number of hydrogen-bond acceptors (Lipinski definition) is 6. The highest BCUT2D eigenvalue weighted by atomic mass is 19.4. The highest BCUT2D eigenvalue weighted by Crippen LogP contribution is 2.23. The van der Waals surface area contributed by atoms with Crippen LogP contribution >= 0.6 is 0 Å². The van der Waals surface area contributed by atoms with Gasteiger partial charge in [-0.05, 0) is 13.8 Å². The van der Waals surface area contributed by atoms with Crippen molar-refractivity contribution in [2.24, 2.45) is 0 Å². The van der Waals surface area contributed by atoms with Gasteiger partial charge in [-0.15, -0.1) is 0 Å².